The summed E-state index contributed by atoms with van der Waals surface area (Å²) >= 11 is 0. The van der Waals surface area contributed by atoms with Gasteiger partial charge >= 0.3 is 11.9 Å². The summed E-state index contributed by atoms with van der Waals surface area (Å²) in [7, 11) is 0. The number of fused-ring (bicyclic) bond motifs is 1. The summed E-state index contributed by atoms with van der Waals surface area (Å²) in [6.45, 7) is 0. The number of hydrogen-bond donors (Lipinski definition) is 2. The van der Waals surface area contributed by atoms with Gasteiger partial charge in [0.05, 0.1) is 5.56 Å². The Hall–Kier alpha value is -3.41. The molecule has 6 heteroatoms. The summed E-state index contributed by atoms with van der Waals surface area (Å²) in [6, 6.07) is 12.9. The Bertz CT molecular complexity index is 915. The molecule has 0 aliphatic heterocycles. The lowest BCUT2D eigenvalue weighted by atomic mass is 10.1. The number of pyridine rings is 1. The lowest BCUT2D eigenvalue weighted by molar-refractivity contribution is 0.0649. The molecule has 3 aromatic rings. The van der Waals surface area contributed by atoms with Crippen LogP contribution in [0.2, 0.25) is 0 Å². The molecule has 0 radical (unpaired) electrons. The van der Waals surface area contributed by atoms with E-state index in [-0.39, 0.29) is 11.3 Å². The normalized spacial score (nSPS) is 10.4. The summed E-state index contributed by atoms with van der Waals surface area (Å²) < 4.78 is 5.67. The van der Waals surface area contributed by atoms with Crippen LogP contribution in [0.15, 0.2) is 54.7 Å². The molecule has 1 heterocycles. The predicted octanol–water partition coefficient (Wildman–Crippen LogP) is 3.42. The van der Waals surface area contributed by atoms with Gasteiger partial charge in [-0.2, -0.15) is 0 Å². The Morgan fingerprint density at radius 3 is 2.30 bits per heavy atom. The third kappa shape index (κ3) is 2.69. The van der Waals surface area contributed by atoms with Crippen molar-refractivity contribution in [3.8, 4) is 11.5 Å². The van der Waals surface area contributed by atoms with E-state index in [1.807, 2.05) is 12.1 Å². The van der Waals surface area contributed by atoms with E-state index in [9.17, 15) is 14.7 Å². The van der Waals surface area contributed by atoms with Crippen LogP contribution in [0.25, 0.3) is 10.9 Å². The monoisotopic (exact) mass is 309 g/mol. The number of aromatic nitrogens is 1. The molecule has 0 aliphatic carbocycles. The molecule has 0 bridgehead atoms. The van der Waals surface area contributed by atoms with Crippen LogP contribution >= 0.6 is 0 Å². The van der Waals surface area contributed by atoms with E-state index in [0.29, 0.717) is 11.3 Å². The first-order valence-corrected chi connectivity index (χ1v) is 6.69. The van der Waals surface area contributed by atoms with Gasteiger partial charge in [0.15, 0.2) is 5.75 Å². The number of para-hydroxylation sites is 1. The molecule has 0 amide bonds. The van der Waals surface area contributed by atoms with Gasteiger partial charge in [-0.1, -0.05) is 24.3 Å². The molecule has 0 fully saturated rings. The van der Waals surface area contributed by atoms with Gasteiger partial charge < -0.3 is 14.9 Å². The highest BCUT2D eigenvalue weighted by molar-refractivity contribution is 6.03. The molecule has 0 spiro atoms. The van der Waals surface area contributed by atoms with E-state index in [1.54, 1.807) is 24.4 Å². The number of carbonyl (C=O) groups is 2. The Balaban J connectivity index is 2.14. The predicted molar refractivity (Wildman–Crippen MR) is 82.2 cm³/mol. The summed E-state index contributed by atoms with van der Waals surface area (Å²) in [5.41, 5.74) is -0.164. The zero-order valence-corrected chi connectivity index (χ0v) is 11.8. The topological polar surface area (TPSA) is 96.7 Å². The molecule has 0 unspecified atom stereocenters. The number of rotatable bonds is 4. The van der Waals surface area contributed by atoms with Gasteiger partial charge in [-0.3, -0.25) is 4.98 Å². The number of benzene rings is 2. The van der Waals surface area contributed by atoms with Gasteiger partial charge in [0.2, 0.25) is 0 Å². The van der Waals surface area contributed by atoms with Crippen molar-refractivity contribution < 1.29 is 24.5 Å². The molecule has 6 nitrogen and oxygen atoms in total. The highest BCUT2D eigenvalue weighted by atomic mass is 16.5. The molecule has 0 saturated carbocycles. The summed E-state index contributed by atoms with van der Waals surface area (Å²) in [4.78, 5) is 26.9. The van der Waals surface area contributed by atoms with Crippen molar-refractivity contribution in [3.05, 3.63) is 65.9 Å². The molecular formula is C17H11NO5. The SMILES string of the molecule is O=C(O)c1cccc(Oc2cccc3cccnc23)c1C(=O)O. The van der Waals surface area contributed by atoms with Crippen molar-refractivity contribution in [2.75, 3.05) is 0 Å². The number of nitrogens with zero attached hydrogens (tertiary/aromatic N) is 1. The van der Waals surface area contributed by atoms with Crippen molar-refractivity contribution in [1.82, 2.24) is 4.98 Å². The number of hydrogen-bond acceptors (Lipinski definition) is 4. The maximum absolute atomic E-state index is 11.4. The first-order valence-electron chi connectivity index (χ1n) is 6.69. The minimum absolute atomic E-state index is 0.0458. The Morgan fingerprint density at radius 2 is 1.57 bits per heavy atom. The number of carboxylic acids is 2. The van der Waals surface area contributed by atoms with E-state index in [1.165, 1.54) is 18.2 Å². The third-order valence-corrected chi connectivity index (χ3v) is 3.29. The van der Waals surface area contributed by atoms with E-state index < -0.39 is 17.5 Å². The Morgan fingerprint density at radius 1 is 0.870 bits per heavy atom. The summed E-state index contributed by atoms with van der Waals surface area (Å²) in [6.07, 6.45) is 1.60. The molecule has 2 N–H and O–H groups in total. The van der Waals surface area contributed by atoms with Crippen LogP contribution in [-0.4, -0.2) is 27.1 Å². The highest BCUT2D eigenvalue weighted by Gasteiger charge is 2.21. The molecule has 0 saturated heterocycles. The minimum Gasteiger partial charge on any atom is -0.478 e. The lowest BCUT2D eigenvalue weighted by Crippen LogP contribution is -2.09. The van der Waals surface area contributed by atoms with Gasteiger partial charge in [-0.25, -0.2) is 9.59 Å². The van der Waals surface area contributed by atoms with E-state index in [2.05, 4.69) is 4.98 Å². The third-order valence-electron chi connectivity index (χ3n) is 3.29. The summed E-state index contributed by atoms with van der Waals surface area (Å²) in [5, 5.41) is 19.3. The summed E-state index contributed by atoms with van der Waals surface area (Å²) in [5.74, 6) is -2.39. The average Bonchev–Trinajstić information content (AvgIpc) is 2.54. The van der Waals surface area contributed by atoms with Crippen molar-refractivity contribution in [2.45, 2.75) is 0 Å². The van der Waals surface area contributed by atoms with Crippen molar-refractivity contribution in [2.24, 2.45) is 0 Å². The van der Waals surface area contributed by atoms with Crippen molar-refractivity contribution >= 4 is 22.8 Å². The second-order valence-electron chi connectivity index (χ2n) is 4.72. The Kier molecular flexibility index (Phi) is 3.64. The quantitative estimate of drug-likeness (QED) is 0.766. The molecule has 0 aliphatic rings. The van der Waals surface area contributed by atoms with Crippen LogP contribution in [0.3, 0.4) is 0 Å². The lowest BCUT2D eigenvalue weighted by Gasteiger charge is -2.12. The Labute approximate surface area is 130 Å². The van der Waals surface area contributed by atoms with Gasteiger partial charge in [-0.15, -0.1) is 0 Å². The molecule has 23 heavy (non-hydrogen) atoms. The molecule has 1 aromatic heterocycles. The first kappa shape index (κ1) is 14.5. The number of aromatic carboxylic acids is 2. The zero-order chi connectivity index (χ0) is 16.4. The van der Waals surface area contributed by atoms with E-state index >= 15 is 0 Å². The van der Waals surface area contributed by atoms with Crippen LogP contribution in [-0.2, 0) is 0 Å². The van der Waals surface area contributed by atoms with E-state index in [0.717, 1.165) is 5.39 Å². The van der Waals surface area contributed by atoms with Gasteiger partial charge in [0.1, 0.15) is 16.8 Å². The molecule has 3 rings (SSSR count). The van der Waals surface area contributed by atoms with Crippen LogP contribution in [0, 0.1) is 0 Å². The molecule has 0 atom stereocenters. The number of carboxylic acid groups (broad SMARTS) is 2. The molecule has 2 aromatic carbocycles. The first-order chi connectivity index (χ1) is 11.1. The molecular weight excluding hydrogens is 298 g/mol. The minimum atomic E-state index is -1.37. The van der Waals surface area contributed by atoms with Gasteiger partial charge in [0.25, 0.3) is 0 Å². The second-order valence-corrected chi connectivity index (χ2v) is 4.72. The largest absolute Gasteiger partial charge is 0.478 e. The maximum Gasteiger partial charge on any atom is 0.340 e. The van der Waals surface area contributed by atoms with E-state index in [4.69, 9.17) is 9.84 Å². The number of ether oxygens (including phenoxy) is 1. The van der Waals surface area contributed by atoms with Crippen LogP contribution in [0.1, 0.15) is 20.7 Å². The average molecular weight is 309 g/mol. The standard InChI is InChI=1S/C17H11NO5/c19-16(20)11-6-2-7-12(14(11)17(21)22)23-13-8-1-4-10-5-3-9-18-15(10)13/h1-9H,(H,19,20)(H,21,22). The van der Waals surface area contributed by atoms with Crippen LogP contribution < -0.4 is 4.74 Å². The van der Waals surface area contributed by atoms with Gasteiger partial charge in [-0.05, 0) is 24.3 Å². The maximum atomic E-state index is 11.4. The van der Waals surface area contributed by atoms with Crippen molar-refractivity contribution in [3.63, 3.8) is 0 Å². The fraction of sp³-hybridized carbons (Fsp3) is 0. The smallest absolute Gasteiger partial charge is 0.340 e. The van der Waals surface area contributed by atoms with Crippen molar-refractivity contribution in [1.29, 1.82) is 0 Å². The van der Waals surface area contributed by atoms with Gasteiger partial charge in [0, 0.05) is 11.6 Å². The van der Waals surface area contributed by atoms with Crippen LogP contribution in [0.5, 0.6) is 11.5 Å². The molecule has 114 valence electrons. The van der Waals surface area contributed by atoms with Crippen LogP contribution in [0.4, 0.5) is 0 Å². The fourth-order valence-electron chi connectivity index (χ4n) is 2.29. The highest BCUT2D eigenvalue weighted by Crippen LogP contribution is 2.31. The second kappa shape index (κ2) is 5.76. The zero-order valence-electron chi connectivity index (χ0n) is 11.8. The fourth-order valence-corrected chi connectivity index (χ4v) is 2.29.